The Morgan fingerprint density at radius 1 is 1.43 bits per heavy atom. The number of hydrogen-bond donors (Lipinski definition) is 2. The molecule has 0 heterocycles. The third-order valence-corrected chi connectivity index (χ3v) is 2.72. The molecule has 21 heavy (non-hydrogen) atoms. The van der Waals surface area contributed by atoms with Gasteiger partial charge in [0.15, 0.2) is 0 Å². The summed E-state index contributed by atoms with van der Waals surface area (Å²) in [6.07, 6.45) is 0. The van der Waals surface area contributed by atoms with E-state index < -0.39 is 10.8 Å². The molecule has 1 aromatic rings. The molecular weight excluding hydrogens is 274 g/mol. The average molecular weight is 295 g/mol. The standard InChI is InChI=1S/C14H21N3O4/c1-10(2)9-21-8-7-16-14(18)11-5-4-6-12(15-3)13(11)17(19)20/h4-6,10,15H,7-9H2,1-3H3,(H,16,18). The summed E-state index contributed by atoms with van der Waals surface area (Å²) in [4.78, 5) is 22.6. The molecule has 0 radical (unpaired) electrons. The van der Waals surface area contributed by atoms with Crippen LogP contribution in [0.25, 0.3) is 0 Å². The highest BCUT2D eigenvalue weighted by Crippen LogP contribution is 2.27. The maximum absolute atomic E-state index is 12.0. The Labute approximate surface area is 123 Å². The minimum Gasteiger partial charge on any atom is -0.383 e. The van der Waals surface area contributed by atoms with E-state index in [4.69, 9.17) is 4.74 Å². The summed E-state index contributed by atoms with van der Waals surface area (Å²) in [7, 11) is 1.57. The van der Waals surface area contributed by atoms with Crippen LogP contribution in [0, 0.1) is 16.0 Å². The molecule has 116 valence electrons. The molecule has 1 rings (SSSR count). The van der Waals surface area contributed by atoms with Crippen LogP contribution < -0.4 is 10.6 Å². The van der Waals surface area contributed by atoms with Crippen LogP contribution in [0.2, 0.25) is 0 Å². The average Bonchev–Trinajstić information content (AvgIpc) is 2.45. The molecule has 0 spiro atoms. The van der Waals surface area contributed by atoms with Crippen molar-refractivity contribution in [2.24, 2.45) is 5.92 Å². The van der Waals surface area contributed by atoms with Gasteiger partial charge in [0.1, 0.15) is 11.3 Å². The molecule has 0 fully saturated rings. The van der Waals surface area contributed by atoms with Crippen molar-refractivity contribution < 1.29 is 14.5 Å². The zero-order valence-corrected chi connectivity index (χ0v) is 12.5. The van der Waals surface area contributed by atoms with Crippen LogP contribution in [-0.2, 0) is 4.74 Å². The first-order chi connectivity index (χ1) is 9.97. The summed E-state index contributed by atoms with van der Waals surface area (Å²) in [5.74, 6) is -0.0546. The largest absolute Gasteiger partial charge is 0.383 e. The Balaban J connectivity index is 2.68. The number of nitro benzene ring substituents is 1. The van der Waals surface area contributed by atoms with Crippen LogP contribution in [-0.4, -0.2) is 37.6 Å². The number of carbonyl (C=O) groups is 1. The van der Waals surface area contributed by atoms with E-state index in [9.17, 15) is 14.9 Å². The van der Waals surface area contributed by atoms with Gasteiger partial charge in [0.05, 0.1) is 11.5 Å². The molecular formula is C14H21N3O4. The predicted octanol–water partition coefficient (Wildman–Crippen LogP) is 2.04. The van der Waals surface area contributed by atoms with Gasteiger partial charge < -0.3 is 15.4 Å². The summed E-state index contributed by atoms with van der Waals surface area (Å²) in [6.45, 7) is 5.37. The number of rotatable bonds is 8. The lowest BCUT2D eigenvalue weighted by atomic mass is 10.1. The van der Waals surface area contributed by atoms with Crippen LogP contribution >= 0.6 is 0 Å². The van der Waals surface area contributed by atoms with Crippen molar-refractivity contribution in [3.8, 4) is 0 Å². The van der Waals surface area contributed by atoms with Crippen molar-refractivity contribution in [2.45, 2.75) is 13.8 Å². The van der Waals surface area contributed by atoms with Gasteiger partial charge in [0.25, 0.3) is 5.91 Å². The number of anilines is 1. The van der Waals surface area contributed by atoms with Gasteiger partial charge in [-0.1, -0.05) is 19.9 Å². The number of nitro groups is 1. The third-order valence-electron chi connectivity index (χ3n) is 2.72. The van der Waals surface area contributed by atoms with E-state index in [0.29, 0.717) is 31.4 Å². The van der Waals surface area contributed by atoms with Gasteiger partial charge in [-0.25, -0.2) is 0 Å². The number of ether oxygens (including phenoxy) is 1. The molecule has 0 saturated carbocycles. The quantitative estimate of drug-likeness (QED) is 0.435. The molecule has 7 heteroatoms. The number of amides is 1. The van der Waals surface area contributed by atoms with Crippen molar-refractivity contribution in [3.63, 3.8) is 0 Å². The first-order valence-corrected chi connectivity index (χ1v) is 6.78. The highest BCUT2D eigenvalue weighted by molar-refractivity contribution is 6.00. The Morgan fingerprint density at radius 3 is 2.71 bits per heavy atom. The van der Waals surface area contributed by atoms with Crippen molar-refractivity contribution in [1.82, 2.24) is 5.32 Å². The summed E-state index contributed by atoms with van der Waals surface area (Å²) < 4.78 is 5.34. The van der Waals surface area contributed by atoms with Crippen LogP contribution in [0.4, 0.5) is 11.4 Å². The normalized spacial score (nSPS) is 10.5. The first kappa shape index (κ1) is 16.9. The predicted molar refractivity (Wildman–Crippen MR) is 80.6 cm³/mol. The van der Waals surface area contributed by atoms with E-state index in [-0.39, 0.29) is 11.3 Å². The summed E-state index contributed by atoms with van der Waals surface area (Å²) in [5.41, 5.74) is 0.125. The number of nitrogens with one attached hydrogen (secondary N) is 2. The third kappa shape index (κ3) is 5.03. The maximum atomic E-state index is 12.0. The van der Waals surface area contributed by atoms with Gasteiger partial charge in [-0.05, 0) is 18.1 Å². The molecule has 0 atom stereocenters. The zero-order valence-electron chi connectivity index (χ0n) is 12.5. The lowest BCUT2D eigenvalue weighted by Crippen LogP contribution is -2.28. The van der Waals surface area contributed by atoms with E-state index in [1.807, 2.05) is 13.8 Å². The number of hydrogen-bond acceptors (Lipinski definition) is 5. The van der Waals surface area contributed by atoms with Crippen LogP contribution in [0.1, 0.15) is 24.2 Å². The van der Waals surface area contributed by atoms with Crippen molar-refractivity contribution in [1.29, 1.82) is 0 Å². The minimum atomic E-state index is -0.560. The van der Waals surface area contributed by atoms with E-state index >= 15 is 0 Å². The fraction of sp³-hybridized carbons (Fsp3) is 0.500. The summed E-state index contributed by atoms with van der Waals surface area (Å²) in [6, 6.07) is 4.59. The van der Waals surface area contributed by atoms with Gasteiger partial charge in [-0.2, -0.15) is 0 Å². The molecule has 0 aliphatic rings. The monoisotopic (exact) mass is 295 g/mol. The maximum Gasteiger partial charge on any atom is 0.305 e. The highest BCUT2D eigenvalue weighted by atomic mass is 16.6. The molecule has 1 amide bonds. The summed E-state index contributed by atoms with van der Waals surface area (Å²) >= 11 is 0. The van der Waals surface area contributed by atoms with Gasteiger partial charge >= 0.3 is 5.69 Å². The Kier molecular flexibility index (Phi) is 6.61. The number of nitrogens with zero attached hydrogens (tertiary/aromatic N) is 1. The van der Waals surface area contributed by atoms with Gasteiger partial charge in [0.2, 0.25) is 0 Å². The van der Waals surface area contributed by atoms with E-state index in [2.05, 4.69) is 10.6 Å². The fourth-order valence-electron chi connectivity index (χ4n) is 1.78. The molecule has 2 N–H and O–H groups in total. The second-order valence-electron chi connectivity index (χ2n) is 4.93. The molecule has 0 aliphatic heterocycles. The molecule has 0 bridgehead atoms. The molecule has 7 nitrogen and oxygen atoms in total. The minimum absolute atomic E-state index is 0.0377. The van der Waals surface area contributed by atoms with E-state index in [0.717, 1.165) is 0 Å². The first-order valence-electron chi connectivity index (χ1n) is 6.78. The number of carbonyl (C=O) groups excluding carboxylic acids is 1. The molecule has 0 aromatic heterocycles. The molecule has 0 saturated heterocycles. The Hall–Kier alpha value is -2.15. The van der Waals surface area contributed by atoms with E-state index in [1.54, 1.807) is 19.2 Å². The van der Waals surface area contributed by atoms with Gasteiger partial charge in [0, 0.05) is 20.2 Å². The molecule has 1 aromatic carbocycles. The van der Waals surface area contributed by atoms with Crippen LogP contribution in [0.5, 0.6) is 0 Å². The molecule has 0 aliphatic carbocycles. The summed E-state index contributed by atoms with van der Waals surface area (Å²) in [5, 5.41) is 16.5. The van der Waals surface area contributed by atoms with Crippen molar-refractivity contribution in [3.05, 3.63) is 33.9 Å². The SMILES string of the molecule is CNc1cccc(C(=O)NCCOCC(C)C)c1[N+](=O)[O-]. The topological polar surface area (TPSA) is 93.5 Å². The van der Waals surface area contributed by atoms with Gasteiger partial charge in [-0.3, -0.25) is 14.9 Å². The zero-order chi connectivity index (χ0) is 15.8. The lowest BCUT2D eigenvalue weighted by molar-refractivity contribution is -0.384. The Morgan fingerprint density at radius 2 is 2.14 bits per heavy atom. The van der Waals surface area contributed by atoms with E-state index in [1.165, 1.54) is 6.07 Å². The molecule has 0 unspecified atom stereocenters. The second-order valence-corrected chi connectivity index (χ2v) is 4.93. The van der Waals surface area contributed by atoms with Crippen molar-refractivity contribution >= 4 is 17.3 Å². The van der Waals surface area contributed by atoms with Gasteiger partial charge in [-0.15, -0.1) is 0 Å². The second kappa shape index (κ2) is 8.21. The van der Waals surface area contributed by atoms with Crippen LogP contribution in [0.3, 0.4) is 0 Å². The smallest absolute Gasteiger partial charge is 0.305 e. The van der Waals surface area contributed by atoms with Crippen LogP contribution in [0.15, 0.2) is 18.2 Å². The fourth-order valence-corrected chi connectivity index (χ4v) is 1.78. The van der Waals surface area contributed by atoms with Crippen molar-refractivity contribution in [2.75, 3.05) is 32.1 Å². The Bertz CT molecular complexity index is 503. The number of benzene rings is 1. The highest BCUT2D eigenvalue weighted by Gasteiger charge is 2.23. The lowest BCUT2D eigenvalue weighted by Gasteiger charge is -2.09. The number of para-hydroxylation sites is 1.